The summed E-state index contributed by atoms with van der Waals surface area (Å²) in [6.45, 7) is 1.86. The smallest absolute Gasteiger partial charge is 0.233 e. The molecule has 2 heterocycles. The molecular formula is C17H14BrFN2O2. The van der Waals surface area contributed by atoms with E-state index in [1.54, 1.807) is 12.1 Å². The molecule has 2 aromatic rings. The number of carbonyl (C=O) groups is 1. The van der Waals surface area contributed by atoms with Crippen LogP contribution in [0.25, 0.3) is 0 Å². The van der Waals surface area contributed by atoms with Crippen molar-refractivity contribution in [2.75, 3.05) is 5.32 Å². The van der Waals surface area contributed by atoms with Gasteiger partial charge >= 0.3 is 0 Å². The van der Waals surface area contributed by atoms with Crippen molar-refractivity contribution in [3.05, 3.63) is 56.6 Å². The van der Waals surface area contributed by atoms with Gasteiger partial charge in [-0.25, -0.2) is 4.39 Å². The number of allylic oxidation sites excluding steroid dienone is 2. The molecule has 0 bridgehead atoms. The Kier molecular flexibility index (Phi) is 3.37. The molecule has 23 heavy (non-hydrogen) atoms. The van der Waals surface area contributed by atoms with E-state index >= 15 is 0 Å². The lowest BCUT2D eigenvalue weighted by atomic mass is 9.76. The van der Waals surface area contributed by atoms with E-state index in [2.05, 4.69) is 26.4 Å². The van der Waals surface area contributed by atoms with Crippen LogP contribution in [0.3, 0.4) is 0 Å². The zero-order chi connectivity index (χ0) is 16.1. The standard InChI is InChI=1S/C17H14BrFN2O2/c1-8-14-15(9-5-6-11(19)10(18)7-9)16-12(3-2-4-13(16)22)20-17(14)23-21-8/h5-7,15,20H,2-4H2,1H3/t15-/m0/s1. The zero-order valence-electron chi connectivity index (χ0n) is 12.5. The van der Waals surface area contributed by atoms with E-state index in [1.165, 1.54) is 6.07 Å². The molecule has 1 atom stereocenters. The highest BCUT2D eigenvalue weighted by atomic mass is 79.9. The molecule has 1 aliphatic heterocycles. The number of hydrogen-bond donors (Lipinski definition) is 1. The predicted octanol–water partition coefficient (Wildman–Crippen LogP) is 4.45. The molecule has 0 amide bonds. The van der Waals surface area contributed by atoms with Gasteiger partial charge in [0.15, 0.2) is 5.78 Å². The molecule has 0 fully saturated rings. The van der Waals surface area contributed by atoms with Gasteiger partial charge in [0.2, 0.25) is 5.88 Å². The Labute approximate surface area is 140 Å². The maximum Gasteiger partial charge on any atom is 0.233 e. The highest BCUT2D eigenvalue weighted by molar-refractivity contribution is 9.10. The normalized spacial score (nSPS) is 20.1. The van der Waals surface area contributed by atoms with Crippen LogP contribution in [0.2, 0.25) is 0 Å². The van der Waals surface area contributed by atoms with E-state index in [-0.39, 0.29) is 17.5 Å². The molecular weight excluding hydrogens is 363 g/mol. The van der Waals surface area contributed by atoms with Gasteiger partial charge in [0.1, 0.15) is 5.82 Å². The number of fused-ring (bicyclic) bond motifs is 1. The molecule has 1 aliphatic carbocycles. The first-order valence-corrected chi connectivity index (χ1v) is 8.30. The summed E-state index contributed by atoms with van der Waals surface area (Å²) in [5, 5.41) is 7.26. The third-order valence-electron chi connectivity index (χ3n) is 4.48. The number of carbonyl (C=O) groups excluding carboxylic acids is 1. The minimum Gasteiger partial charge on any atom is -0.338 e. The van der Waals surface area contributed by atoms with E-state index in [1.807, 2.05) is 6.92 Å². The number of aryl methyl sites for hydroxylation is 1. The SMILES string of the molecule is Cc1noc2c1[C@H](c1ccc(F)c(Br)c1)C1=C(CCCC1=O)N2. The second-order valence-electron chi connectivity index (χ2n) is 5.91. The predicted molar refractivity (Wildman–Crippen MR) is 86.7 cm³/mol. The van der Waals surface area contributed by atoms with Gasteiger partial charge in [0.25, 0.3) is 0 Å². The van der Waals surface area contributed by atoms with E-state index in [0.29, 0.717) is 16.8 Å². The summed E-state index contributed by atoms with van der Waals surface area (Å²) in [5.41, 5.74) is 4.11. The third kappa shape index (κ3) is 2.24. The molecule has 1 aromatic heterocycles. The zero-order valence-corrected chi connectivity index (χ0v) is 14.0. The third-order valence-corrected chi connectivity index (χ3v) is 5.09. The highest BCUT2D eigenvalue weighted by Gasteiger charge is 2.38. The molecule has 1 N–H and O–H groups in total. The highest BCUT2D eigenvalue weighted by Crippen LogP contribution is 2.46. The monoisotopic (exact) mass is 376 g/mol. The maximum absolute atomic E-state index is 13.6. The first-order chi connectivity index (χ1) is 11.1. The number of benzene rings is 1. The Morgan fingerprint density at radius 3 is 3.00 bits per heavy atom. The van der Waals surface area contributed by atoms with Crippen molar-refractivity contribution in [3.63, 3.8) is 0 Å². The molecule has 0 radical (unpaired) electrons. The van der Waals surface area contributed by atoms with Crippen LogP contribution in [-0.4, -0.2) is 10.9 Å². The largest absolute Gasteiger partial charge is 0.338 e. The van der Waals surface area contributed by atoms with Crippen LogP contribution in [0.1, 0.15) is 42.0 Å². The molecule has 118 valence electrons. The summed E-state index contributed by atoms with van der Waals surface area (Å²) in [5.74, 6) is 0.128. The number of anilines is 1. The second-order valence-corrected chi connectivity index (χ2v) is 6.77. The molecule has 6 heteroatoms. The van der Waals surface area contributed by atoms with Crippen molar-refractivity contribution >= 4 is 27.6 Å². The average molecular weight is 377 g/mol. The molecule has 4 rings (SSSR count). The number of nitrogens with one attached hydrogen (secondary N) is 1. The molecule has 2 aliphatic rings. The first-order valence-electron chi connectivity index (χ1n) is 7.50. The Bertz CT molecular complexity index is 856. The van der Waals surface area contributed by atoms with Gasteiger partial charge in [-0.15, -0.1) is 0 Å². The lowest BCUT2D eigenvalue weighted by Crippen LogP contribution is -2.26. The van der Waals surface area contributed by atoms with Gasteiger partial charge in [-0.3, -0.25) is 4.79 Å². The Morgan fingerprint density at radius 2 is 2.22 bits per heavy atom. The summed E-state index contributed by atoms with van der Waals surface area (Å²) < 4.78 is 19.4. The topological polar surface area (TPSA) is 55.1 Å². The van der Waals surface area contributed by atoms with Gasteiger partial charge in [-0.05, 0) is 53.4 Å². The second kappa shape index (κ2) is 5.30. The molecule has 4 nitrogen and oxygen atoms in total. The minimum atomic E-state index is -0.325. The van der Waals surface area contributed by atoms with Gasteiger partial charge in [0.05, 0.1) is 15.7 Å². The summed E-state index contributed by atoms with van der Waals surface area (Å²) in [4.78, 5) is 12.6. The number of ketones is 1. The van der Waals surface area contributed by atoms with Gasteiger partial charge in [-0.1, -0.05) is 11.2 Å². The number of halogens is 2. The number of nitrogens with zero attached hydrogens (tertiary/aromatic N) is 1. The van der Waals surface area contributed by atoms with Crippen molar-refractivity contribution in [2.24, 2.45) is 0 Å². The van der Waals surface area contributed by atoms with Crippen molar-refractivity contribution in [2.45, 2.75) is 32.1 Å². The van der Waals surface area contributed by atoms with Gasteiger partial charge in [0, 0.05) is 23.6 Å². The Morgan fingerprint density at radius 1 is 1.39 bits per heavy atom. The fraction of sp³-hybridized carbons (Fsp3) is 0.294. The van der Waals surface area contributed by atoms with E-state index in [9.17, 15) is 9.18 Å². The average Bonchev–Trinajstić information content (AvgIpc) is 2.90. The molecule has 1 aromatic carbocycles. The molecule has 0 saturated heterocycles. The summed E-state index contributed by atoms with van der Waals surface area (Å²) >= 11 is 3.23. The minimum absolute atomic E-state index is 0.135. The van der Waals surface area contributed by atoms with Gasteiger partial charge in [-0.2, -0.15) is 0 Å². The van der Waals surface area contributed by atoms with Crippen molar-refractivity contribution in [1.82, 2.24) is 5.16 Å². The summed E-state index contributed by atoms with van der Waals surface area (Å²) in [7, 11) is 0. The number of hydrogen-bond acceptors (Lipinski definition) is 4. The fourth-order valence-corrected chi connectivity index (χ4v) is 3.84. The number of Topliss-reactive ketones (excluding diaryl/α,β-unsaturated/α-hetero) is 1. The van der Waals surface area contributed by atoms with Crippen LogP contribution in [-0.2, 0) is 4.79 Å². The maximum atomic E-state index is 13.6. The van der Waals surface area contributed by atoms with Crippen LogP contribution < -0.4 is 5.32 Å². The number of rotatable bonds is 1. The molecule has 0 saturated carbocycles. The van der Waals surface area contributed by atoms with E-state index < -0.39 is 0 Å². The van der Waals surface area contributed by atoms with E-state index in [4.69, 9.17) is 4.52 Å². The van der Waals surface area contributed by atoms with Crippen LogP contribution in [0.4, 0.5) is 10.3 Å². The summed E-state index contributed by atoms with van der Waals surface area (Å²) in [6.07, 6.45) is 2.17. The lowest BCUT2D eigenvalue weighted by Gasteiger charge is -2.31. The van der Waals surface area contributed by atoms with Crippen LogP contribution >= 0.6 is 15.9 Å². The fourth-order valence-electron chi connectivity index (χ4n) is 3.44. The molecule has 0 unspecified atom stereocenters. The molecule has 0 spiro atoms. The van der Waals surface area contributed by atoms with Crippen molar-refractivity contribution < 1.29 is 13.7 Å². The van der Waals surface area contributed by atoms with Crippen molar-refractivity contribution in [1.29, 1.82) is 0 Å². The Hall–Kier alpha value is -1.95. The van der Waals surface area contributed by atoms with Crippen molar-refractivity contribution in [3.8, 4) is 0 Å². The first kappa shape index (κ1) is 14.6. The van der Waals surface area contributed by atoms with Crippen LogP contribution in [0, 0.1) is 12.7 Å². The quantitative estimate of drug-likeness (QED) is 0.798. The van der Waals surface area contributed by atoms with Crippen LogP contribution in [0.15, 0.2) is 38.5 Å². The van der Waals surface area contributed by atoms with Gasteiger partial charge < -0.3 is 9.84 Å². The summed E-state index contributed by atoms with van der Waals surface area (Å²) in [6, 6.07) is 4.87. The van der Waals surface area contributed by atoms with E-state index in [0.717, 1.165) is 40.9 Å². The van der Waals surface area contributed by atoms with Crippen LogP contribution in [0.5, 0.6) is 0 Å². The lowest BCUT2D eigenvalue weighted by molar-refractivity contribution is -0.116. The Balaban J connectivity index is 1.95. The number of aromatic nitrogens is 1.